The van der Waals surface area contributed by atoms with Gasteiger partial charge in [0.25, 0.3) is 0 Å². The molecule has 1 fully saturated rings. The van der Waals surface area contributed by atoms with E-state index in [9.17, 15) is 5.11 Å². The number of hydrogen-bond donors (Lipinski definition) is 2. The number of aromatic hydroxyl groups is 1. The van der Waals surface area contributed by atoms with E-state index < -0.39 is 0 Å². The molecule has 0 radical (unpaired) electrons. The molecule has 0 bridgehead atoms. The molecule has 0 saturated carbocycles. The molecule has 4 rings (SSSR count). The summed E-state index contributed by atoms with van der Waals surface area (Å²) in [5, 5.41) is 15.2. The molecule has 8 heteroatoms. The first-order valence-corrected chi connectivity index (χ1v) is 10.9. The number of methoxy groups -OCH3 is 1. The largest absolute Gasteiger partial charge is 0.506 e. The van der Waals surface area contributed by atoms with Gasteiger partial charge in [0.15, 0.2) is 5.11 Å². The summed E-state index contributed by atoms with van der Waals surface area (Å²) < 4.78 is 7.37. The average molecular weight is 457 g/mol. The fourth-order valence-corrected chi connectivity index (χ4v) is 4.81. The van der Waals surface area contributed by atoms with Gasteiger partial charge in [-0.15, -0.1) is 0 Å². The van der Waals surface area contributed by atoms with Crippen molar-refractivity contribution in [3.8, 4) is 11.4 Å². The van der Waals surface area contributed by atoms with E-state index in [0.29, 0.717) is 29.0 Å². The Balaban J connectivity index is 1.84. The summed E-state index contributed by atoms with van der Waals surface area (Å²) in [4.78, 5) is 6.74. The molecule has 2 aromatic heterocycles. The van der Waals surface area contributed by atoms with Gasteiger partial charge in [-0.25, -0.2) is 0 Å². The van der Waals surface area contributed by atoms with Crippen LogP contribution in [0.3, 0.4) is 0 Å². The van der Waals surface area contributed by atoms with Crippen LogP contribution in [0.25, 0.3) is 5.69 Å². The highest BCUT2D eigenvalue weighted by atomic mass is 35.5. The number of nitrogens with zero attached hydrogens (tertiary/aromatic N) is 3. The predicted molar refractivity (Wildman–Crippen MR) is 126 cm³/mol. The number of thiocarbonyl (C=S) groups is 1. The third-order valence-corrected chi connectivity index (χ3v) is 6.29. The Labute approximate surface area is 192 Å². The number of aryl methyl sites for hydroxylation is 1. The quantitative estimate of drug-likeness (QED) is 0.534. The number of pyridine rings is 1. The minimum atomic E-state index is -0.104. The van der Waals surface area contributed by atoms with E-state index in [0.717, 1.165) is 22.6 Å². The Kier molecular flexibility index (Phi) is 6.18. The van der Waals surface area contributed by atoms with E-state index in [1.54, 1.807) is 31.5 Å². The lowest BCUT2D eigenvalue weighted by atomic mass is 9.97. The Morgan fingerprint density at radius 2 is 2.03 bits per heavy atom. The summed E-state index contributed by atoms with van der Waals surface area (Å²) in [6, 6.07) is 12.9. The lowest BCUT2D eigenvalue weighted by Gasteiger charge is -2.28. The maximum absolute atomic E-state index is 10.5. The minimum absolute atomic E-state index is 0.0705. The van der Waals surface area contributed by atoms with Crippen molar-refractivity contribution in [2.24, 2.45) is 0 Å². The molecular formula is C23H25ClN4O2S. The number of halogens is 1. The summed E-state index contributed by atoms with van der Waals surface area (Å²) in [7, 11) is 1.69. The van der Waals surface area contributed by atoms with Crippen molar-refractivity contribution in [3.63, 3.8) is 0 Å². The molecule has 3 aromatic rings. The van der Waals surface area contributed by atoms with Crippen molar-refractivity contribution in [1.82, 2.24) is 19.8 Å². The van der Waals surface area contributed by atoms with Crippen LogP contribution in [0.15, 0.2) is 48.7 Å². The van der Waals surface area contributed by atoms with Crippen molar-refractivity contribution in [2.75, 3.05) is 20.3 Å². The highest BCUT2D eigenvalue weighted by Gasteiger charge is 2.41. The van der Waals surface area contributed by atoms with Gasteiger partial charge in [0.1, 0.15) is 5.75 Å². The van der Waals surface area contributed by atoms with E-state index >= 15 is 0 Å². The molecule has 1 aromatic carbocycles. The number of hydrogen-bond acceptors (Lipinski definition) is 4. The van der Waals surface area contributed by atoms with E-state index in [2.05, 4.69) is 21.3 Å². The van der Waals surface area contributed by atoms with Crippen LogP contribution in [0, 0.1) is 13.8 Å². The second-order valence-corrected chi connectivity index (χ2v) is 8.43. The number of nitrogens with one attached hydrogen (secondary N) is 1. The fourth-order valence-electron chi connectivity index (χ4n) is 4.31. The Hall–Kier alpha value is -2.61. The van der Waals surface area contributed by atoms with Gasteiger partial charge in [0, 0.05) is 36.3 Å². The molecule has 0 amide bonds. The van der Waals surface area contributed by atoms with Gasteiger partial charge >= 0.3 is 0 Å². The molecule has 2 atom stereocenters. The van der Waals surface area contributed by atoms with Crippen LogP contribution in [-0.2, 0) is 4.74 Å². The number of benzene rings is 1. The van der Waals surface area contributed by atoms with Crippen molar-refractivity contribution < 1.29 is 9.84 Å². The lowest BCUT2D eigenvalue weighted by molar-refractivity contribution is 0.164. The van der Waals surface area contributed by atoms with Crippen LogP contribution in [0.5, 0.6) is 5.75 Å². The van der Waals surface area contributed by atoms with Gasteiger partial charge in [-0.3, -0.25) is 4.98 Å². The molecule has 31 heavy (non-hydrogen) atoms. The summed E-state index contributed by atoms with van der Waals surface area (Å²) in [5.74, 6) is 0.176. The SMILES string of the molecule is COCCN1C(=S)N[C@@H](c2ccccn2)[C@@H]1c1cc(C)n(-c2cc(Cl)ccc2O)c1C. The number of ether oxygens (including phenoxy) is 1. The zero-order valence-corrected chi connectivity index (χ0v) is 19.2. The molecule has 0 aliphatic carbocycles. The Morgan fingerprint density at radius 1 is 1.23 bits per heavy atom. The predicted octanol–water partition coefficient (Wildman–Crippen LogP) is 4.47. The van der Waals surface area contributed by atoms with Gasteiger partial charge in [0.05, 0.1) is 30.1 Å². The van der Waals surface area contributed by atoms with Crippen molar-refractivity contribution in [3.05, 3.63) is 76.3 Å². The van der Waals surface area contributed by atoms with E-state index in [1.165, 1.54) is 0 Å². The fraction of sp³-hybridized carbons (Fsp3) is 0.304. The van der Waals surface area contributed by atoms with Gasteiger partial charge in [0.2, 0.25) is 0 Å². The third-order valence-electron chi connectivity index (χ3n) is 5.70. The van der Waals surface area contributed by atoms with E-state index in [1.807, 2.05) is 36.6 Å². The molecule has 3 heterocycles. The first-order valence-electron chi connectivity index (χ1n) is 10.1. The normalized spacial score (nSPS) is 18.5. The third kappa shape index (κ3) is 4.01. The zero-order valence-electron chi connectivity index (χ0n) is 17.7. The molecule has 1 aliphatic rings. The molecule has 1 saturated heterocycles. The lowest BCUT2D eigenvalue weighted by Crippen LogP contribution is -2.32. The zero-order chi connectivity index (χ0) is 22.1. The van der Waals surface area contributed by atoms with Gasteiger partial charge < -0.3 is 24.6 Å². The maximum Gasteiger partial charge on any atom is 0.170 e. The second-order valence-electron chi connectivity index (χ2n) is 7.61. The number of rotatable bonds is 6. The summed E-state index contributed by atoms with van der Waals surface area (Å²) in [6.07, 6.45) is 1.79. The Morgan fingerprint density at radius 3 is 2.74 bits per heavy atom. The molecule has 0 unspecified atom stereocenters. The van der Waals surface area contributed by atoms with Crippen molar-refractivity contribution in [2.45, 2.75) is 25.9 Å². The molecule has 2 N–H and O–H groups in total. The smallest absolute Gasteiger partial charge is 0.170 e. The summed E-state index contributed by atoms with van der Waals surface area (Å²) in [5.41, 5.74) is 4.69. The number of phenolic OH excluding ortho intramolecular Hbond substituents is 1. The maximum atomic E-state index is 10.5. The highest BCUT2D eigenvalue weighted by Crippen LogP contribution is 2.42. The molecule has 162 valence electrons. The highest BCUT2D eigenvalue weighted by molar-refractivity contribution is 7.80. The average Bonchev–Trinajstić information content (AvgIpc) is 3.24. The summed E-state index contributed by atoms with van der Waals surface area (Å²) >= 11 is 11.9. The Bertz CT molecular complexity index is 1100. The van der Waals surface area contributed by atoms with Crippen LogP contribution in [0.4, 0.5) is 0 Å². The van der Waals surface area contributed by atoms with Crippen LogP contribution < -0.4 is 5.32 Å². The molecule has 0 spiro atoms. The van der Waals surface area contributed by atoms with E-state index in [4.69, 9.17) is 28.6 Å². The summed E-state index contributed by atoms with van der Waals surface area (Å²) in [6.45, 7) is 5.28. The van der Waals surface area contributed by atoms with Gasteiger partial charge in [-0.1, -0.05) is 17.7 Å². The van der Waals surface area contributed by atoms with Crippen molar-refractivity contribution in [1.29, 1.82) is 0 Å². The first-order chi connectivity index (χ1) is 14.9. The molecular weight excluding hydrogens is 432 g/mol. The van der Waals surface area contributed by atoms with Crippen LogP contribution in [0.1, 0.15) is 34.7 Å². The monoisotopic (exact) mass is 456 g/mol. The standard InChI is InChI=1S/C23H25ClN4O2S/c1-14-12-17(15(2)28(14)19-13-16(24)7-8-20(19)29)22-21(18-6-4-5-9-25-18)26-23(31)27(22)10-11-30-3/h4-9,12-13,21-22,29H,10-11H2,1-3H3,(H,26,31)/t21-,22-/m0/s1. The number of aromatic nitrogens is 2. The van der Waals surface area contributed by atoms with Gasteiger partial charge in [-0.05, 0) is 68.0 Å². The number of phenols is 1. The minimum Gasteiger partial charge on any atom is -0.506 e. The van der Waals surface area contributed by atoms with Crippen LogP contribution >= 0.6 is 23.8 Å². The molecule has 1 aliphatic heterocycles. The van der Waals surface area contributed by atoms with Crippen LogP contribution in [-0.4, -0.2) is 44.9 Å². The first kappa shape index (κ1) is 21.6. The second kappa shape index (κ2) is 8.86. The van der Waals surface area contributed by atoms with Gasteiger partial charge in [-0.2, -0.15) is 0 Å². The van der Waals surface area contributed by atoms with Crippen LogP contribution in [0.2, 0.25) is 5.02 Å². The van der Waals surface area contributed by atoms with E-state index in [-0.39, 0.29) is 17.8 Å². The van der Waals surface area contributed by atoms with Crippen molar-refractivity contribution >= 4 is 28.9 Å². The molecule has 6 nitrogen and oxygen atoms in total. The topological polar surface area (TPSA) is 62.5 Å².